The van der Waals surface area contributed by atoms with Gasteiger partial charge in [0.05, 0.1) is 12.2 Å². The van der Waals surface area contributed by atoms with E-state index in [1.165, 1.54) is 17.8 Å². The van der Waals surface area contributed by atoms with E-state index in [1.54, 1.807) is 6.92 Å². The molecule has 0 radical (unpaired) electrons. The predicted molar refractivity (Wildman–Crippen MR) is 79.8 cm³/mol. The predicted octanol–water partition coefficient (Wildman–Crippen LogP) is 1.71. The van der Waals surface area contributed by atoms with Crippen molar-refractivity contribution in [3.8, 4) is 0 Å². The van der Waals surface area contributed by atoms with Gasteiger partial charge < -0.3 is 0 Å². The molecule has 2 heterocycles. The number of hydrogen-bond donors (Lipinski definition) is 1. The molecule has 134 valence electrons. The van der Waals surface area contributed by atoms with Crippen molar-refractivity contribution in [1.82, 2.24) is 24.3 Å². The van der Waals surface area contributed by atoms with Gasteiger partial charge in [-0.05, 0) is 26.8 Å². The Morgan fingerprint density at radius 1 is 1.25 bits per heavy atom. The van der Waals surface area contributed by atoms with Gasteiger partial charge >= 0.3 is 6.18 Å². The van der Waals surface area contributed by atoms with Crippen LogP contribution in [0.3, 0.4) is 0 Å². The minimum absolute atomic E-state index is 0.0118. The average molecular weight is 365 g/mol. The molecule has 0 aromatic carbocycles. The van der Waals surface area contributed by atoms with Crippen LogP contribution < -0.4 is 4.72 Å². The van der Waals surface area contributed by atoms with Crippen LogP contribution in [0.4, 0.5) is 13.2 Å². The molecule has 0 amide bonds. The number of halogens is 3. The molecule has 0 spiro atoms. The lowest BCUT2D eigenvalue weighted by atomic mass is 10.4. The Balaban J connectivity index is 2.06. The Bertz CT molecular complexity index is 823. The summed E-state index contributed by atoms with van der Waals surface area (Å²) in [6.07, 6.45) is -3.11. The second kappa shape index (κ2) is 6.55. The molecule has 0 aliphatic rings. The highest BCUT2D eigenvalue weighted by Crippen LogP contribution is 2.28. The largest absolute Gasteiger partial charge is 0.435 e. The zero-order valence-corrected chi connectivity index (χ0v) is 14.2. The molecule has 1 N–H and O–H groups in total. The minimum Gasteiger partial charge on any atom is -0.271 e. The first kappa shape index (κ1) is 18.5. The lowest BCUT2D eigenvalue weighted by molar-refractivity contribution is -0.141. The fourth-order valence-electron chi connectivity index (χ4n) is 2.16. The summed E-state index contributed by atoms with van der Waals surface area (Å²) < 4.78 is 67.3. The molecule has 0 aliphatic carbocycles. The summed E-state index contributed by atoms with van der Waals surface area (Å²) in [5.74, 6) is 0. The van der Waals surface area contributed by atoms with Crippen LogP contribution in [0.25, 0.3) is 0 Å². The molecule has 2 rings (SSSR count). The van der Waals surface area contributed by atoms with Gasteiger partial charge in [0.25, 0.3) is 0 Å². The molecule has 2 aromatic rings. The number of nitrogens with one attached hydrogen (secondary N) is 1. The van der Waals surface area contributed by atoms with Crippen molar-refractivity contribution >= 4 is 10.0 Å². The van der Waals surface area contributed by atoms with Crippen LogP contribution in [0.5, 0.6) is 0 Å². The van der Waals surface area contributed by atoms with Gasteiger partial charge in [-0.2, -0.15) is 23.4 Å². The van der Waals surface area contributed by atoms with Crippen LogP contribution in [0.15, 0.2) is 17.2 Å². The van der Waals surface area contributed by atoms with Crippen molar-refractivity contribution in [2.24, 2.45) is 0 Å². The first-order valence-corrected chi connectivity index (χ1v) is 8.68. The Hall–Kier alpha value is -1.88. The fraction of sp³-hybridized carbons (Fsp3) is 0.538. The van der Waals surface area contributed by atoms with Crippen LogP contribution in [0.2, 0.25) is 0 Å². The van der Waals surface area contributed by atoms with E-state index >= 15 is 0 Å². The normalized spacial score (nSPS) is 12.8. The third kappa shape index (κ3) is 3.96. The summed E-state index contributed by atoms with van der Waals surface area (Å²) in [7, 11) is -3.78. The standard InChI is InChI=1S/C13H18F3N5O2S/c1-4-20-8-11(10(3)18-20)24(22,23)17-5-6-21-9(2)7-12(19-21)13(14,15)16/h7-8,17H,4-6H2,1-3H3. The Labute approximate surface area is 137 Å². The molecule has 0 bridgehead atoms. The molecule has 0 unspecified atom stereocenters. The van der Waals surface area contributed by atoms with Gasteiger partial charge in [0.1, 0.15) is 4.90 Å². The second-order valence-electron chi connectivity index (χ2n) is 5.22. The van der Waals surface area contributed by atoms with Gasteiger partial charge in [0.15, 0.2) is 5.69 Å². The van der Waals surface area contributed by atoms with Crippen LogP contribution >= 0.6 is 0 Å². The molecule has 0 atom stereocenters. The third-order valence-electron chi connectivity index (χ3n) is 3.40. The van der Waals surface area contributed by atoms with Crippen molar-refractivity contribution in [3.63, 3.8) is 0 Å². The summed E-state index contributed by atoms with van der Waals surface area (Å²) in [5.41, 5.74) is -0.335. The first-order chi connectivity index (χ1) is 11.0. The summed E-state index contributed by atoms with van der Waals surface area (Å²) in [5, 5.41) is 7.51. The van der Waals surface area contributed by atoms with E-state index in [9.17, 15) is 21.6 Å². The van der Waals surface area contributed by atoms with Gasteiger partial charge in [-0.25, -0.2) is 13.1 Å². The lowest BCUT2D eigenvalue weighted by Crippen LogP contribution is -2.28. The molecule has 0 aliphatic heterocycles. The third-order valence-corrected chi connectivity index (χ3v) is 4.97. The van der Waals surface area contributed by atoms with Crippen LogP contribution in [-0.4, -0.2) is 34.5 Å². The SMILES string of the molecule is CCn1cc(S(=O)(=O)NCCn2nc(C(F)(F)F)cc2C)c(C)n1. The van der Waals surface area contributed by atoms with Crippen molar-refractivity contribution in [3.05, 3.63) is 29.3 Å². The van der Waals surface area contributed by atoms with Crippen molar-refractivity contribution in [1.29, 1.82) is 0 Å². The van der Waals surface area contributed by atoms with Gasteiger partial charge in [0, 0.05) is 25.0 Å². The maximum absolute atomic E-state index is 12.6. The molecule has 11 heteroatoms. The fourth-order valence-corrected chi connectivity index (χ4v) is 3.37. The zero-order valence-electron chi connectivity index (χ0n) is 13.4. The highest BCUT2D eigenvalue weighted by atomic mass is 32.2. The van der Waals surface area contributed by atoms with E-state index in [-0.39, 0.29) is 18.0 Å². The highest BCUT2D eigenvalue weighted by Gasteiger charge is 2.34. The molecule has 7 nitrogen and oxygen atoms in total. The molecule has 2 aromatic heterocycles. The quantitative estimate of drug-likeness (QED) is 0.845. The van der Waals surface area contributed by atoms with E-state index in [4.69, 9.17) is 0 Å². The van der Waals surface area contributed by atoms with Crippen molar-refractivity contribution in [2.45, 2.75) is 44.9 Å². The lowest BCUT2D eigenvalue weighted by Gasteiger charge is -2.07. The van der Waals surface area contributed by atoms with Gasteiger partial charge in [0.2, 0.25) is 10.0 Å². The summed E-state index contributed by atoms with van der Waals surface area (Å²) in [4.78, 5) is 0.0533. The monoisotopic (exact) mass is 365 g/mol. The van der Waals surface area contributed by atoms with E-state index in [1.807, 2.05) is 6.92 Å². The number of hydrogen-bond acceptors (Lipinski definition) is 4. The topological polar surface area (TPSA) is 81.8 Å². The molecule has 0 saturated heterocycles. The average Bonchev–Trinajstić information content (AvgIpc) is 3.02. The molecule has 24 heavy (non-hydrogen) atoms. The molecule has 0 saturated carbocycles. The zero-order chi connectivity index (χ0) is 18.1. The number of rotatable bonds is 6. The Morgan fingerprint density at radius 2 is 1.92 bits per heavy atom. The number of aryl methyl sites for hydroxylation is 3. The first-order valence-electron chi connectivity index (χ1n) is 7.20. The number of aromatic nitrogens is 4. The number of alkyl halides is 3. The number of nitrogens with zero attached hydrogens (tertiary/aromatic N) is 4. The maximum atomic E-state index is 12.6. The van der Waals surface area contributed by atoms with E-state index in [2.05, 4.69) is 14.9 Å². The maximum Gasteiger partial charge on any atom is 0.435 e. The molecular weight excluding hydrogens is 347 g/mol. The summed E-state index contributed by atoms with van der Waals surface area (Å²) >= 11 is 0. The minimum atomic E-state index is -4.53. The smallest absolute Gasteiger partial charge is 0.271 e. The van der Waals surface area contributed by atoms with Crippen LogP contribution in [0.1, 0.15) is 24.0 Å². The highest BCUT2D eigenvalue weighted by molar-refractivity contribution is 7.89. The van der Waals surface area contributed by atoms with E-state index in [0.717, 1.165) is 10.7 Å². The molecule has 0 fully saturated rings. The van der Waals surface area contributed by atoms with Gasteiger partial charge in [-0.1, -0.05) is 0 Å². The van der Waals surface area contributed by atoms with Crippen LogP contribution in [-0.2, 0) is 29.3 Å². The van der Waals surface area contributed by atoms with Crippen molar-refractivity contribution in [2.75, 3.05) is 6.54 Å². The van der Waals surface area contributed by atoms with Crippen molar-refractivity contribution < 1.29 is 21.6 Å². The van der Waals surface area contributed by atoms with E-state index in [0.29, 0.717) is 17.9 Å². The number of sulfonamides is 1. The van der Waals surface area contributed by atoms with Gasteiger partial charge in [-0.3, -0.25) is 9.36 Å². The van der Waals surface area contributed by atoms with Gasteiger partial charge in [-0.15, -0.1) is 0 Å². The Morgan fingerprint density at radius 3 is 2.42 bits per heavy atom. The van der Waals surface area contributed by atoms with E-state index < -0.39 is 21.9 Å². The van der Waals surface area contributed by atoms with Crippen LogP contribution in [0, 0.1) is 13.8 Å². The Kier molecular flexibility index (Phi) is 5.04. The second-order valence-corrected chi connectivity index (χ2v) is 6.96. The summed E-state index contributed by atoms with van der Waals surface area (Å²) in [6.45, 7) is 5.32. The molecular formula is C13H18F3N5O2S. The summed E-state index contributed by atoms with van der Waals surface area (Å²) in [6, 6.07) is 0.921.